The molecule has 11 nitrogen and oxygen atoms in total. The Bertz CT molecular complexity index is 3050. The SMILES string of the molecule is CCn1c2ccc(CNCCCCCCCCCCC(=O)NCCOc3ccc(CCc4nc5cc(-c6c(C)noc6C)ccc5n4CCN4CCOCC4)cc3F)cc2c2ccc(-c3cc(C)cs3)cc21. The van der Waals surface area contributed by atoms with Crippen LogP contribution in [-0.2, 0) is 42.0 Å². The number of halogens is 1. The number of benzene rings is 4. The number of morpholine rings is 1. The topological polar surface area (TPSA) is 112 Å². The predicted octanol–water partition coefficient (Wildman–Crippen LogP) is 12.5. The number of unbranched alkanes of at least 4 members (excludes halogenated alkanes) is 7. The monoisotopic (exact) mass is 994 g/mol. The lowest BCUT2D eigenvalue weighted by molar-refractivity contribution is -0.121. The van der Waals surface area contributed by atoms with Crippen molar-refractivity contribution in [2.45, 2.75) is 118 Å². The summed E-state index contributed by atoms with van der Waals surface area (Å²) in [7, 11) is 0. The number of imidazole rings is 1. The molecule has 72 heavy (non-hydrogen) atoms. The molecule has 0 unspecified atom stereocenters. The lowest BCUT2D eigenvalue weighted by Crippen LogP contribution is -2.38. The van der Waals surface area contributed by atoms with E-state index in [1.165, 1.54) is 75.5 Å². The van der Waals surface area contributed by atoms with E-state index in [-0.39, 0.29) is 18.3 Å². The second-order valence-corrected chi connectivity index (χ2v) is 20.5. The Morgan fingerprint density at radius 2 is 1.54 bits per heavy atom. The van der Waals surface area contributed by atoms with Crippen molar-refractivity contribution in [2.24, 2.45) is 0 Å². The van der Waals surface area contributed by atoms with Crippen LogP contribution in [0.15, 0.2) is 88.8 Å². The van der Waals surface area contributed by atoms with Gasteiger partial charge >= 0.3 is 0 Å². The minimum Gasteiger partial charge on any atom is -0.489 e. The van der Waals surface area contributed by atoms with Gasteiger partial charge in [-0.1, -0.05) is 74.0 Å². The third kappa shape index (κ3) is 12.7. The molecule has 0 atom stereocenters. The Kier molecular flexibility index (Phi) is 17.5. The molecule has 4 aromatic heterocycles. The molecule has 0 spiro atoms. The van der Waals surface area contributed by atoms with Crippen molar-refractivity contribution in [1.29, 1.82) is 0 Å². The smallest absolute Gasteiger partial charge is 0.220 e. The van der Waals surface area contributed by atoms with Crippen LogP contribution in [0, 0.1) is 26.6 Å². The van der Waals surface area contributed by atoms with E-state index in [2.05, 4.69) is 110 Å². The first-order valence-electron chi connectivity index (χ1n) is 26.4. The van der Waals surface area contributed by atoms with Crippen molar-refractivity contribution < 1.29 is 23.2 Å². The summed E-state index contributed by atoms with van der Waals surface area (Å²) >= 11 is 1.82. The largest absolute Gasteiger partial charge is 0.489 e. The van der Waals surface area contributed by atoms with Gasteiger partial charge in [-0.2, -0.15) is 0 Å². The number of nitrogens with zero attached hydrogens (tertiary/aromatic N) is 5. The Morgan fingerprint density at radius 1 is 0.764 bits per heavy atom. The molecule has 1 aliphatic heterocycles. The third-order valence-electron chi connectivity index (χ3n) is 14.3. The molecular formula is C59H72FN7O4S. The molecule has 13 heteroatoms. The highest BCUT2D eigenvalue weighted by molar-refractivity contribution is 7.13. The maximum absolute atomic E-state index is 15.3. The number of aromatic nitrogens is 4. The molecule has 0 aliphatic carbocycles. The summed E-state index contributed by atoms with van der Waals surface area (Å²) in [6, 6.07) is 27.7. The van der Waals surface area contributed by atoms with E-state index in [0.717, 1.165) is 123 Å². The van der Waals surface area contributed by atoms with Crippen molar-refractivity contribution >= 4 is 50.1 Å². The van der Waals surface area contributed by atoms with Gasteiger partial charge in [0.05, 0.1) is 36.5 Å². The summed E-state index contributed by atoms with van der Waals surface area (Å²) in [4.78, 5) is 21.4. The molecule has 2 N–H and O–H groups in total. The van der Waals surface area contributed by atoms with E-state index in [1.807, 2.05) is 31.3 Å². The molecule has 5 heterocycles. The molecule has 0 bridgehead atoms. The van der Waals surface area contributed by atoms with Gasteiger partial charge in [0.25, 0.3) is 0 Å². The van der Waals surface area contributed by atoms with Crippen molar-refractivity contribution in [2.75, 3.05) is 52.5 Å². The van der Waals surface area contributed by atoms with Gasteiger partial charge < -0.3 is 33.8 Å². The minimum atomic E-state index is -0.402. The summed E-state index contributed by atoms with van der Waals surface area (Å²) in [5.74, 6) is 1.56. The molecule has 380 valence electrons. The van der Waals surface area contributed by atoms with Gasteiger partial charge in [0, 0.05) is 84.4 Å². The summed E-state index contributed by atoms with van der Waals surface area (Å²) < 4.78 is 36.8. The average molecular weight is 994 g/mol. The van der Waals surface area contributed by atoms with Crippen LogP contribution in [0.4, 0.5) is 4.39 Å². The van der Waals surface area contributed by atoms with E-state index in [4.69, 9.17) is 19.0 Å². The van der Waals surface area contributed by atoms with E-state index >= 15 is 4.39 Å². The molecule has 1 amide bonds. The molecule has 9 rings (SSSR count). The first-order chi connectivity index (χ1) is 35.2. The molecule has 4 aromatic carbocycles. The number of hydrogen-bond donors (Lipinski definition) is 2. The van der Waals surface area contributed by atoms with Crippen LogP contribution >= 0.6 is 11.3 Å². The van der Waals surface area contributed by atoms with Crippen LogP contribution in [0.25, 0.3) is 54.4 Å². The number of rotatable bonds is 26. The second kappa shape index (κ2) is 24.7. The van der Waals surface area contributed by atoms with Crippen molar-refractivity contribution in [3.05, 3.63) is 124 Å². The molecular weight excluding hydrogens is 922 g/mol. The second-order valence-electron chi connectivity index (χ2n) is 19.6. The van der Waals surface area contributed by atoms with Crippen molar-refractivity contribution in [3.8, 4) is 27.3 Å². The van der Waals surface area contributed by atoms with E-state index in [9.17, 15) is 4.79 Å². The third-order valence-corrected chi connectivity index (χ3v) is 15.4. The number of thiophene rings is 1. The van der Waals surface area contributed by atoms with Crippen LogP contribution in [-0.4, -0.2) is 82.6 Å². The van der Waals surface area contributed by atoms with Gasteiger partial charge in [-0.15, -0.1) is 11.3 Å². The lowest BCUT2D eigenvalue weighted by Gasteiger charge is -2.27. The van der Waals surface area contributed by atoms with Gasteiger partial charge in [-0.05, 0) is 135 Å². The number of hydrogen-bond acceptors (Lipinski definition) is 9. The number of nitrogens with one attached hydrogen (secondary N) is 2. The van der Waals surface area contributed by atoms with Crippen LogP contribution in [0.2, 0.25) is 0 Å². The zero-order chi connectivity index (χ0) is 49.8. The maximum Gasteiger partial charge on any atom is 0.220 e. The van der Waals surface area contributed by atoms with E-state index < -0.39 is 5.82 Å². The maximum atomic E-state index is 15.3. The zero-order valence-corrected chi connectivity index (χ0v) is 43.6. The van der Waals surface area contributed by atoms with E-state index in [0.29, 0.717) is 25.8 Å². The predicted molar refractivity (Wildman–Crippen MR) is 291 cm³/mol. The van der Waals surface area contributed by atoms with Crippen LogP contribution in [0.5, 0.6) is 5.75 Å². The Balaban J connectivity index is 0.630. The number of fused-ring (bicyclic) bond motifs is 4. The number of amides is 1. The average Bonchev–Trinajstić information content (AvgIpc) is 4.16. The van der Waals surface area contributed by atoms with Gasteiger partial charge in [-0.25, -0.2) is 9.37 Å². The highest BCUT2D eigenvalue weighted by Gasteiger charge is 2.19. The fourth-order valence-corrected chi connectivity index (χ4v) is 11.3. The fourth-order valence-electron chi connectivity index (χ4n) is 10.4. The Labute approximate surface area is 428 Å². The van der Waals surface area contributed by atoms with Gasteiger partial charge in [0.2, 0.25) is 5.91 Å². The summed E-state index contributed by atoms with van der Waals surface area (Å²) in [5.41, 5.74) is 12.3. The van der Waals surface area contributed by atoms with Gasteiger partial charge in [0.1, 0.15) is 18.2 Å². The quantitative estimate of drug-likeness (QED) is 0.0516. The molecule has 0 radical (unpaired) electrons. The fraction of sp³-hybridized carbons (Fsp3) is 0.441. The van der Waals surface area contributed by atoms with E-state index in [1.54, 1.807) is 12.1 Å². The molecule has 1 aliphatic rings. The highest BCUT2D eigenvalue weighted by atomic mass is 32.1. The minimum absolute atomic E-state index is 0.0175. The van der Waals surface area contributed by atoms with Gasteiger partial charge in [-0.3, -0.25) is 9.69 Å². The summed E-state index contributed by atoms with van der Waals surface area (Å²) in [6.45, 7) is 16.7. The van der Waals surface area contributed by atoms with Gasteiger partial charge in [0.15, 0.2) is 11.6 Å². The highest BCUT2D eigenvalue weighted by Crippen LogP contribution is 2.36. The first-order valence-corrected chi connectivity index (χ1v) is 27.3. The van der Waals surface area contributed by atoms with Crippen molar-refractivity contribution in [1.82, 2.24) is 34.8 Å². The van der Waals surface area contributed by atoms with Crippen LogP contribution in [0.3, 0.4) is 0 Å². The zero-order valence-electron chi connectivity index (χ0n) is 42.8. The molecule has 8 aromatic rings. The lowest BCUT2D eigenvalue weighted by atomic mass is 10.0. The standard InChI is InChI=1S/C59H72FN7O4S/c1-5-66-52-21-15-45(35-49(52)48-20-18-46(38-54(48)66)56-34-41(2)40-72-56)39-61-25-13-11-9-7-6-8-10-12-14-58(68)62-26-31-70-55-23-16-44(36-50(55)60)17-24-57-63-51-37-47(59-42(3)64-71-43(59)4)19-22-53(51)67(57)28-27-65-29-32-69-33-30-65/h15-16,18-23,34-38,40,61H,5-14,17,24-33,39H2,1-4H3,(H,62,68). The normalized spacial score (nSPS) is 13.3. The number of aryl methyl sites for hydroxylation is 6. The summed E-state index contributed by atoms with van der Waals surface area (Å²) in [5, 5.41) is 15.7. The van der Waals surface area contributed by atoms with Crippen LogP contribution < -0.4 is 15.4 Å². The first kappa shape index (κ1) is 51.1. The molecule has 1 saturated heterocycles. The molecule has 1 fully saturated rings. The Morgan fingerprint density at radius 3 is 2.31 bits per heavy atom. The summed E-state index contributed by atoms with van der Waals surface area (Å²) in [6.07, 6.45) is 11.0. The number of carbonyl (C=O) groups is 1. The van der Waals surface area contributed by atoms with Crippen LogP contribution in [0.1, 0.15) is 98.7 Å². The van der Waals surface area contributed by atoms with Crippen molar-refractivity contribution in [3.63, 3.8) is 0 Å². The Hall–Kier alpha value is -5.86. The molecule has 0 saturated carbocycles. The number of ether oxygens (including phenoxy) is 2. The number of carbonyl (C=O) groups excluding carboxylic acids is 1.